The van der Waals surface area contributed by atoms with Crippen LogP contribution >= 0.6 is 11.3 Å². The number of ether oxygens (including phenoxy) is 1. The third-order valence-corrected chi connectivity index (χ3v) is 5.80. The largest absolute Gasteiger partial charge is 0.449 e. The molecule has 0 radical (unpaired) electrons. The van der Waals surface area contributed by atoms with E-state index in [1.54, 1.807) is 5.38 Å². The van der Waals surface area contributed by atoms with E-state index < -0.39 is 46.0 Å². The monoisotopic (exact) mass is 442 g/mol. The van der Waals surface area contributed by atoms with E-state index >= 15 is 0 Å². The van der Waals surface area contributed by atoms with Crippen LogP contribution < -0.4 is 5.32 Å². The molecule has 1 atom stereocenters. The Bertz CT molecular complexity index is 1000. The lowest BCUT2D eigenvalue weighted by atomic mass is 9.96. The normalized spacial score (nSPS) is 14.5. The summed E-state index contributed by atoms with van der Waals surface area (Å²) in [6.07, 6.45) is -2.69. The van der Waals surface area contributed by atoms with Crippen LogP contribution in [0.5, 0.6) is 0 Å². The van der Waals surface area contributed by atoms with Gasteiger partial charge in [0.2, 0.25) is 0 Å². The quantitative estimate of drug-likeness (QED) is 0.410. The molecule has 0 saturated heterocycles. The first-order chi connectivity index (χ1) is 14.1. The van der Waals surface area contributed by atoms with Crippen molar-refractivity contribution in [2.75, 3.05) is 5.32 Å². The number of alkyl halides is 3. The Kier molecular flexibility index (Phi) is 6.11. The van der Waals surface area contributed by atoms with Gasteiger partial charge in [0.15, 0.2) is 6.10 Å². The molecule has 3 rings (SSSR count). The number of thiophene rings is 1. The summed E-state index contributed by atoms with van der Waals surface area (Å²) in [5.74, 6) is -1.69. The highest BCUT2D eigenvalue weighted by atomic mass is 32.1. The standard InChI is InChI=1S/C19H17F3N2O5S/c1-10(29-18(26)13-9-30-16-5-3-2-4-12(13)16)17(25)23-15-7-6-11(24(27)28)8-14(15)19(20,21)22/h6-10H,2-5H2,1H3,(H,23,25). The second kappa shape index (κ2) is 8.42. The molecule has 1 N–H and O–H groups in total. The van der Waals surface area contributed by atoms with E-state index in [-0.39, 0.29) is 0 Å². The van der Waals surface area contributed by atoms with E-state index in [0.717, 1.165) is 48.3 Å². The van der Waals surface area contributed by atoms with Gasteiger partial charge in [-0.25, -0.2) is 4.79 Å². The van der Waals surface area contributed by atoms with Crippen LogP contribution in [0.1, 0.15) is 46.1 Å². The maximum Gasteiger partial charge on any atom is 0.418 e. The third kappa shape index (κ3) is 4.61. The molecule has 11 heteroatoms. The van der Waals surface area contributed by atoms with Crippen molar-refractivity contribution in [1.82, 2.24) is 0 Å². The van der Waals surface area contributed by atoms with Crippen molar-refractivity contribution < 1.29 is 32.4 Å². The minimum Gasteiger partial charge on any atom is -0.449 e. The Labute approximate surface area is 173 Å². The van der Waals surface area contributed by atoms with Crippen LogP contribution in [-0.4, -0.2) is 22.9 Å². The highest BCUT2D eigenvalue weighted by molar-refractivity contribution is 7.10. The first kappa shape index (κ1) is 21.8. The lowest BCUT2D eigenvalue weighted by Crippen LogP contribution is -2.31. The SMILES string of the molecule is CC(OC(=O)c1csc2c1CCCC2)C(=O)Nc1ccc([N+](=O)[O-])cc1C(F)(F)F. The number of nitro groups is 1. The van der Waals surface area contributed by atoms with Crippen LogP contribution in [0.3, 0.4) is 0 Å². The number of carbonyl (C=O) groups excluding carboxylic acids is 2. The predicted octanol–water partition coefficient (Wildman–Crippen LogP) is 4.74. The number of rotatable bonds is 5. The van der Waals surface area contributed by atoms with E-state index in [1.165, 1.54) is 18.3 Å². The van der Waals surface area contributed by atoms with E-state index in [4.69, 9.17) is 4.74 Å². The summed E-state index contributed by atoms with van der Waals surface area (Å²) >= 11 is 1.45. The van der Waals surface area contributed by atoms with Gasteiger partial charge < -0.3 is 10.1 Å². The van der Waals surface area contributed by atoms with Crippen molar-refractivity contribution in [3.05, 3.63) is 55.3 Å². The second-order valence-electron chi connectivity index (χ2n) is 6.78. The molecule has 0 bridgehead atoms. The van der Waals surface area contributed by atoms with Crippen LogP contribution in [0.25, 0.3) is 0 Å². The highest BCUT2D eigenvalue weighted by Crippen LogP contribution is 2.37. The second-order valence-corrected chi connectivity index (χ2v) is 7.74. The van der Waals surface area contributed by atoms with E-state index in [2.05, 4.69) is 0 Å². The number of aryl methyl sites for hydroxylation is 1. The number of nitro benzene ring substituents is 1. The number of hydrogen-bond acceptors (Lipinski definition) is 6. The number of halogens is 3. The number of anilines is 1. The van der Waals surface area contributed by atoms with Crippen molar-refractivity contribution >= 4 is 34.6 Å². The molecule has 1 aromatic carbocycles. The number of hydrogen-bond donors (Lipinski definition) is 1. The van der Waals surface area contributed by atoms with Gasteiger partial charge in [-0.1, -0.05) is 0 Å². The van der Waals surface area contributed by atoms with Gasteiger partial charge in [-0.15, -0.1) is 11.3 Å². The minimum atomic E-state index is -4.93. The fourth-order valence-electron chi connectivity index (χ4n) is 3.17. The lowest BCUT2D eigenvalue weighted by Gasteiger charge is -2.17. The fraction of sp³-hybridized carbons (Fsp3) is 0.368. The summed E-state index contributed by atoms with van der Waals surface area (Å²) in [4.78, 5) is 35.6. The number of nitrogens with one attached hydrogen (secondary N) is 1. The van der Waals surface area contributed by atoms with Gasteiger partial charge in [0.05, 0.1) is 21.7 Å². The Morgan fingerprint density at radius 3 is 2.63 bits per heavy atom. The first-order valence-corrected chi connectivity index (χ1v) is 9.92. The molecule has 0 saturated carbocycles. The molecule has 7 nitrogen and oxygen atoms in total. The van der Waals surface area contributed by atoms with Crippen LogP contribution in [-0.2, 0) is 28.5 Å². The molecule has 1 aliphatic carbocycles. The average molecular weight is 442 g/mol. The minimum absolute atomic E-state index is 0.337. The Morgan fingerprint density at radius 2 is 1.97 bits per heavy atom. The van der Waals surface area contributed by atoms with E-state index in [9.17, 15) is 32.9 Å². The fourth-order valence-corrected chi connectivity index (χ4v) is 4.28. The Morgan fingerprint density at radius 1 is 1.27 bits per heavy atom. The topological polar surface area (TPSA) is 98.5 Å². The molecule has 1 aromatic heterocycles. The van der Waals surface area contributed by atoms with Gasteiger partial charge >= 0.3 is 12.1 Å². The van der Waals surface area contributed by atoms with Gasteiger partial charge in [-0.2, -0.15) is 13.2 Å². The maximum absolute atomic E-state index is 13.2. The molecular weight excluding hydrogens is 425 g/mol. The summed E-state index contributed by atoms with van der Waals surface area (Å²) in [7, 11) is 0. The number of nitrogens with zero attached hydrogens (tertiary/aromatic N) is 1. The number of fused-ring (bicyclic) bond motifs is 1. The number of benzene rings is 1. The average Bonchev–Trinajstić information content (AvgIpc) is 3.11. The molecule has 1 amide bonds. The van der Waals surface area contributed by atoms with Crippen molar-refractivity contribution in [3.8, 4) is 0 Å². The van der Waals surface area contributed by atoms with Gasteiger partial charge in [0, 0.05) is 22.4 Å². The smallest absolute Gasteiger partial charge is 0.418 e. The highest BCUT2D eigenvalue weighted by Gasteiger charge is 2.36. The Balaban J connectivity index is 1.73. The maximum atomic E-state index is 13.2. The number of non-ortho nitro benzene ring substituents is 1. The number of carbonyl (C=O) groups is 2. The first-order valence-electron chi connectivity index (χ1n) is 9.04. The molecule has 1 aliphatic rings. The van der Waals surface area contributed by atoms with Gasteiger partial charge in [-0.3, -0.25) is 14.9 Å². The number of esters is 1. The molecule has 0 spiro atoms. The zero-order chi connectivity index (χ0) is 22.1. The third-order valence-electron chi connectivity index (χ3n) is 4.71. The van der Waals surface area contributed by atoms with Gasteiger partial charge in [-0.05, 0) is 44.2 Å². The molecular formula is C19H17F3N2O5S. The van der Waals surface area contributed by atoms with Gasteiger partial charge in [0.1, 0.15) is 0 Å². The van der Waals surface area contributed by atoms with Crippen molar-refractivity contribution in [1.29, 1.82) is 0 Å². The summed E-state index contributed by atoms with van der Waals surface area (Å²) in [6.45, 7) is 1.24. The molecule has 160 valence electrons. The zero-order valence-corrected chi connectivity index (χ0v) is 16.6. The summed E-state index contributed by atoms with van der Waals surface area (Å²) in [5, 5.41) is 14.5. The predicted molar refractivity (Wildman–Crippen MR) is 103 cm³/mol. The van der Waals surface area contributed by atoms with E-state index in [0.29, 0.717) is 11.6 Å². The van der Waals surface area contributed by atoms with Gasteiger partial charge in [0.25, 0.3) is 11.6 Å². The van der Waals surface area contributed by atoms with Crippen LogP contribution in [0, 0.1) is 10.1 Å². The molecule has 1 unspecified atom stereocenters. The summed E-state index contributed by atoms with van der Waals surface area (Å²) < 4.78 is 44.9. The van der Waals surface area contributed by atoms with Crippen molar-refractivity contribution in [3.63, 3.8) is 0 Å². The molecule has 1 heterocycles. The lowest BCUT2D eigenvalue weighted by molar-refractivity contribution is -0.385. The zero-order valence-electron chi connectivity index (χ0n) is 15.7. The van der Waals surface area contributed by atoms with E-state index in [1.807, 2.05) is 5.32 Å². The Hall–Kier alpha value is -2.95. The summed E-state index contributed by atoms with van der Waals surface area (Å²) in [6, 6.07) is 1.98. The molecule has 2 aromatic rings. The molecule has 0 fully saturated rings. The molecule has 30 heavy (non-hydrogen) atoms. The van der Waals surface area contributed by atoms with Crippen LogP contribution in [0.4, 0.5) is 24.5 Å². The number of amides is 1. The van der Waals surface area contributed by atoms with Crippen molar-refractivity contribution in [2.24, 2.45) is 0 Å². The molecule has 0 aliphatic heterocycles. The van der Waals surface area contributed by atoms with Crippen molar-refractivity contribution in [2.45, 2.75) is 44.9 Å². The van der Waals surface area contributed by atoms with Crippen LogP contribution in [0.15, 0.2) is 23.6 Å². The summed E-state index contributed by atoms with van der Waals surface area (Å²) in [5.41, 5.74) is -1.51. The van der Waals surface area contributed by atoms with Crippen LogP contribution in [0.2, 0.25) is 0 Å².